The van der Waals surface area contributed by atoms with Crippen molar-refractivity contribution in [1.29, 1.82) is 0 Å². The molecule has 0 saturated carbocycles. The van der Waals surface area contributed by atoms with Crippen molar-refractivity contribution in [1.82, 2.24) is 9.78 Å². The van der Waals surface area contributed by atoms with Crippen LogP contribution in [0.4, 0.5) is 18.9 Å². The molecule has 0 radical (unpaired) electrons. The summed E-state index contributed by atoms with van der Waals surface area (Å²) < 4.78 is 40.0. The average Bonchev–Trinajstić information content (AvgIpc) is 2.75. The third-order valence-corrected chi connectivity index (χ3v) is 3.54. The molecular formula is C15H15ClF3N3O. The highest BCUT2D eigenvalue weighted by molar-refractivity contribution is 6.31. The molecule has 1 aromatic heterocycles. The lowest BCUT2D eigenvalue weighted by atomic mass is 10.2. The van der Waals surface area contributed by atoms with Gasteiger partial charge >= 0.3 is 6.18 Å². The van der Waals surface area contributed by atoms with Gasteiger partial charge in [-0.15, -0.1) is 0 Å². The number of rotatable bonds is 4. The fraction of sp³-hybridized carbons (Fsp3) is 0.333. The van der Waals surface area contributed by atoms with Gasteiger partial charge in [0, 0.05) is 24.3 Å². The van der Waals surface area contributed by atoms with Crippen LogP contribution in [0.3, 0.4) is 0 Å². The van der Waals surface area contributed by atoms with E-state index in [0.29, 0.717) is 6.54 Å². The molecule has 2 rings (SSSR count). The zero-order chi connectivity index (χ0) is 17.2. The molecule has 0 spiro atoms. The van der Waals surface area contributed by atoms with E-state index < -0.39 is 22.7 Å². The number of carbonyl (C=O) groups excluding carboxylic acids is 1. The summed E-state index contributed by atoms with van der Waals surface area (Å²) in [6.45, 7) is 4.06. The van der Waals surface area contributed by atoms with Gasteiger partial charge in [0.25, 0.3) is 0 Å². The predicted molar refractivity (Wildman–Crippen MR) is 81.4 cm³/mol. The minimum atomic E-state index is -4.57. The topological polar surface area (TPSA) is 46.9 Å². The molecule has 1 heterocycles. The van der Waals surface area contributed by atoms with E-state index in [0.717, 1.165) is 23.5 Å². The molecule has 23 heavy (non-hydrogen) atoms. The van der Waals surface area contributed by atoms with Crippen LogP contribution < -0.4 is 5.32 Å². The Bertz CT molecular complexity index is 725. The molecule has 1 N–H and O–H groups in total. The fourth-order valence-electron chi connectivity index (χ4n) is 2.15. The summed E-state index contributed by atoms with van der Waals surface area (Å²) in [6.07, 6.45) is -4.46. The van der Waals surface area contributed by atoms with E-state index in [1.165, 1.54) is 6.07 Å². The number of carbonyl (C=O) groups is 1. The summed E-state index contributed by atoms with van der Waals surface area (Å²) in [7, 11) is 0. The monoisotopic (exact) mass is 345 g/mol. The number of hydrogen-bond acceptors (Lipinski definition) is 2. The van der Waals surface area contributed by atoms with E-state index in [2.05, 4.69) is 10.4 Å². The lowest BCUT2D eigenvalue weighted by molar-refractivity contribution is -0.137. The van der Waals surface area contributed by atoms with E-state index in [1.54, 1.807) is 4.68 Å². The van der Waals surface area contributed by atoms with Crippen LogP contribution in [-0.4, -0.2) is 15.7 Å². The number of halogens is 4. The molecule has 0 atom stereocenters. The van der Waals surface area contributed by atoms with E-state index in [9.17, 15) is 18.0 Å². The van der Waals surface area contributed by atoms with Crippen molar-refractivity contribution in [3.05, 3.63) is 46.2 Å². The predicted octanol–water partition coefficient (Wildman–Crippen LogP) is 4.20. The van der Waals surface area contributed by atoms with Crippen LogP contribution in [0.25, 0.3) is 0 Å². The average molecular weight is 346 g/mol. The van der Waals surface area contributed by atoms with Gasteiger partial charge in [0.15, 0.2) is 0 Å². The lowest BCUT2D eigenvalue weighted by Gasteiger charge is -2.12. The van der Waals surface area contributed by atoms with Gasteiger partial charge in [0.05, 0.1) is 16.3 Å². The summed E-state index contributed by atoms with van der Waals surface area (Å²) in [4.78, 5) is 11.9. The molecule has 0 saturated heterocycles. The summed E-state index contributed by atoms with van der Waals surface area (Å²) in [5.41, 5.74) is 0.840. The normalized spacial score (nSPS) is 11.6. The van der Waals surface area contributed by atoms with Gasteiger partial charge < -0.3 is 5.32 Å². The summed E-state index contributed by atoms with van der Waals surface area (Å²) in [5, 5.41) is 6.25. The van der Waals surface area contributed by atoms with Gasteiger partial charge in [0.2, 0.25) is 5.91 Å². The van der Waals surface area contributed by atoms with Crippen molar-refractivity contribution in [2.75, 3.05) is 5.32 Å². The molecule has 1 aromatic carbocycles. The third-order valence-electron chi connectivity index (χ3n) is 3.21. The minimum Gasteiger partial charge on any atom is -0.326 e. The Morgan fingerprint density at radius 2 is 2.00 bits per heavy atom. The van der Waals surface area contributed by atoms with Crippen LogP contribution in [-0.2, 0) is 17.5 Å². The second kappa shape index (κ2) is 6.62. The van der Waals surface area contributed by atoms with Crippen LogP contribution >= 0.6 is 11.6 Å². The Morgan fingerprint density at radius 1 is 1.30 bits per heavy atom. The smallest absolute Gasteiger partial charge is 0.326 e. The lowest BCUT2D eigenvalue weighted by Crippen LogP contribution is -2.16. The molecular weight excluding hydrogens is 331 g/mol. The van der Waals surface area contributed by atoms with E-state index in [1.807, 2.05) is 19.9 Å². The molecule has 0 bridgehead atoms. The van der Waals surface area contributed by atoms with E-state index in [-0.39, 0.29) is 12.1 Å². The molecule has 1 amide bonds. The Labute approximate surface area is 136 Å². The Morgan fingerprint density at radius 3 is 2.57 bits per heavy atom. The third kappa shape index (κ3) is 4.48. The second-order valence-electron chi connectivity index (χ2n) is 5.14. The number of benzene rings is 1. The number of nitrogens with one attached hydrogen (secondary N) is 1. The maximum absolute atomic E-state index is 12.8. The van der Waals surface area contributed by atoms with Crippen molar-refractivity contribution in [3.8, 4) is 0 Å². The first-order valence-electron chi connectivity index (χ1n) is 6.84. The van der Waals surface area contributed by atoms with Gasteiger partial charge in [-0.3, -0.25) is 9.48 Å². The maximum Gasteiger partial charge on any atom is 0.417 e. The second-order valence-corrected chi connectivity index (χ2v) is 5.55. The van der Waals surface area contributed by atoms with Crippen molar-refractivity contribution in [2.24, 2.45) is 0 Å². The van der Waals surface area contributed by atoms with Crippen LogP contribution in [0, 0.1) is 13.8 Å². The molecule has 124 valence electrons. The van der Waals surface area contributed by atoms with E-state index in [4.69, 9.17) is 11.6 Å². The molecule has 0 aliphatic rings. The van der Waals surface area contributed by atoms with Crippen molar-refractivity contribution < 1.29 is 18.0 Å². The number of nitrogens with zero attached hydrogens (tertiary/aromatic N) is 2. The number of aromatic nitrogens is 2. The number of anilines is 1. The van der Waals surface area contributed by atoms with E-state index >= 15 is 0 Å². The molecule has 8 heteroatoms. The zero-order valence-electron chi connectivity index (χ0n) is 12.5. The molecule has 0 aliphatic heterocycles. The minimum absolute atomic E-state index is 0.0556. The standard InChI is InChI=1S/C15H15ClF3N3O/c1-9-7-10(2)22(21-9)6-5-14(23)20-11-3-4-13(16)12(8-11)15(17,18)19/h3-4,7-8H,5-6H2,1-2H3,(H,20,23). The van der Waals surface area contributed by atoms with Gasteiger partial charge in [-0.2, -0.15) is 18.3 Å². The molecule has 0 unspecified atom stereocenters. The number of aryl methyl sites for hydroxylation is 3. The van der Waals surface area contributed by atoms with Crippen molar-refractivity contribution in [3.63, 3.8) is 0 Å². The molecule has 0 fully saturated rings. The number of hydrogen-bond donors (Lipinski definition) is 1. The van der Waals surface area contributed by atoms with Gasteiger partial charge in [0.1, 0.15) is 0 Å². The van der Waals surface area contributed by atoms with Crippen LogP contribution in [0.2, 0.25) is 5.02 Å². The van der Waals surface area contributed by atoms with Gasteiger partial charge in [-0.25, -0.2) is 0 Å². The summed E-state index contributed by atoms with van der Waals surface area (Å²) in [6, 6.07) is 5.15. The number of amides is 1. The molecule has 2 aromatic rings. The summed E-state index contributed by atoms with van der Waals surface area (Å²) in [5.74, 6) is -0.395. The number of alkyl halides is 3. The first-order chi connectivity index (χ1) is 10.7. The highest BCUT2D eigenvalue weighted by Crippen LogP contribution is 2.36. The van der Waals surface area contributed by atoms with Gasteiger partial charge in [-0.05, 0) is 38.1 Å². The highest BCUT2D eigenvalue weighted by Gasteiger charge is 2.33. The Kier molecular flexibility index (Phi) is 4.99. The molecule has 0 aliphatic carbocycles. The highest BCUT2D eigenvalue weighted by atomic mass is 35.5. The van der Waals surface area contributed by atoms with Gasteiger partial charge in [-0.1, -0.05) is 11.6 Å². The molecule has 4 nitrogen and oxygen atoms in total. The summed E-state index contributed by atoms with van der Waals surface area (Å²) >= 11 is 5.53. The Balaban J connectivity index is 2.02. The SMILES string of the molecule is Cc1cc(C)n(CCC(=O)Nc2ccc(Cl)c(C(F)(F)F)c2)n1. The van der Waals surface area contributed by atoms with Crippen LogP contribution in [0.5, 0.6) is 0 Å². The first-order valence-corrected chi connectivity index (χ1v) is 7.22. The Hall–Kier alpha value is -2.02. The first kappa shape index (κ1) is 17.3. The van der Waals surface area contributed by atoms with Crippen molar-refractivity contribution in [2.45, 2.75) is 33.0 Å². The van der Waals surface area contributed by atoms with Crippen LogP contribution in [0.1, 0.15) is 23.4 Å². The maximum atomic E-state index is 12.8. The van der Waals surface area contributed by atoms with Crippen molar-refractivity contribution >= 4 is 23.2 Å². The quantitative estimate of drug-likeness (QED) is 0.902. The fourth-order valence-corrected chi connectivity index (χ4v) is 2.38. The zero-order valence-corrected chi connectivity index (χ0v) is 13.3. The largest absolute Gasteiger partial charge is 0.417 e. The van der Waals surface area contributed by atoms with Crippen LogP contribution in [0.15, 0.2) is 24.3 Å².